The van der Waals surface area contributed by atoms with Crippen molar-refractivity contribution in [2.24, 2.45) is 0 Å². The molecule has 0 aliphatic carbocycles. The van der Waals surface area contributed by atoms with Gasteiger partial charge in [-0.05, 0) is 37.5 Å². The first-order valence-corrected chi connectivity index (χ1v) is 8.28. The van der Waals surface area contributed by atoms with E-state index in [1.807, 2.05) is 12.1 Å². The third-order valence-corrected chi connectivity index (χ3v) is 4.75. The molecule has 2 nitrogen and oxygen atoms in total. The number of nitrogens with one attached hydrogen (secondary N) is 1. The van der Waals surface area contributed by atoms with Crippen molar-refractivity contribution in [3.8, 4) is 0 Å². The Morgan fingerprint density at radius 2 is 2.00 bits per heavy atom. The van der Waals surface area contributed by atoms with Gasteiger partial charge in [-0.3, -0.25) is 4.90 Å². The molecule has 1 aromatic carbocycles. The Balaban J connectivity index is 2.11. The second-order valence-corrected chi connectivity index (χ2v) is 6.32. The van der Waals surface area contributed by atoms with Crippen LogP contribution in [0.15, 0.2) is 24.3 Å². The Labute approximate surface area is 128 Å². The summed E-state index contributed by atoms with van der Waals surface area (Å²) in [6.07, 6.45) is 3.71. The molecule has 0 saturated carbocycles. The van der Waals surface area contributed by atoms with E-state index in [9.17, 15) is 0 Å². The first-order chi connectivity index (χ1) is 9.65. The topological polar surface area (TPSA) is 15.3 Å². The van der Waals surface area contributed by atoms with Gasteiger partial charge in [0.25, 0.3) is 0 Å². The minimum atomic E-state index is 0.457. The predicted molar refractivity (Wildman–Crippen MR) is 87.4 cm³/mol. The molecule has 20 heavy (non-hydrogen) atoms. The van der Waals surface area contributed by atoms with Gasteiger partial charge in [0, 0.05) is 36.2 Å². The minimum absolute atomic E-state index is 0.457. The van der Waals surface area contributed by atoms with Gasteiger partial charge in [0.05, 0.1) is 0 Å². The van der Waals surface area contributed by atoms with Crippen LogP contribution in [0, 0.1) is 0 Å². The first-order valence-electron chi connectivity index (χ1n) is 7.90. The summed E-state index contributed by atoms with van der Waals surface area (Å²) in [5, 5.41) is 4.52. The lowest BCUT2D eigenvalue weighted by molar-refractivity contribution is 0.0835. The first kappa shape index (κ1) is 15.8. The Kier molecular flexibility index (Phi) is 5.88. The standard InChI is InChI=1S/C17H27ClN2/c1-4-6-16-12-20(17(5-2)11-19-16)13(3)14-7-9-15(18)10-8-14/h7-10,13,16-17,19H,4-6,11-12H2,1-3H3. The quantitative estimate of drug-likeness (QED) is 0.873. The van der Waals surface area contributed by atoms with E-state index >= 15 is 0 Å². The molecule has 1 saturated heterocycles. The molecule has 0 radical (unpaired) electrons. The van der Waals surface area contributed by atoms with Gasteiger partial charge in [0.15, 0.2) is 0 Å². The summed E-state index contributed by atoms with van der Waals surface area (Å²) in [4.78, 5) is 2.67. The lowest BCUT2D eigenvalue weighted by atomic mass is 9.98. The number of rotatable bonds is 5. The highest BCUT2D eigenvalue weighted by atomic mass is 35.5. The van der Waals surface area contributed by atoms with Gasteiger partial charge >= 0.3 is 0 Å². The maximum Gasteiger partial charge on any atom is 0.0406 e. The van der Waals surface area contributed by atoms with Crippen molar-refractivity contribution < 1.29 is 0 Å². The highest BCUT2D eigenvalue weighted by Crippen LogP contribution is 2.27. The largest absolute Gasteiger partial charge is 0.311 e. The number of hydrogen-bond donors (Lipinski definition) is 1. The van der Waals surface area contributed by atoms with E-state index in [1.165, 1.54) is 24.8 Å². The summed E-state index contributed by atoms with van der Waals surface area (Å²) in [6, 6.07) is 10.1. The minimum Gasteiger partial charge on any atom is -0.311 e. The highest BCUT2D eigenvalue weighted by Gasteiger charge is 2.30. The molecule has 0 spiro atoms. The van der Waals surface area contributed by atoms with Crippen LogP contribution in [0.4, 0.5) is 0 Å². The lowest BCUT2D eigenvalue weighted by Gasteiger charge is -2.43. The molecule has 2 rings (SSSR count). The van der Waals surface area contributed by atoms with Crippen LogP contribution in [0.2, 0.25) is 5.02 Å². The molecule has 1 aromatic rings. The van der Waals surface area contributed by atoms with Gasteiger partial charge in [-0.1, -0.05) is 44.0 Å². The summed E-state index contributed by atoms with van der Waals surface area (Å²) in [5.74, 6) is 0. The van der Waals surface area contributed by atoms with E-state index in [1.54, 1.807) is 0 Å². The van der Waals surface area contributed by atoms with Crippen LogP contribution in [0.3, 0.4) is 0 Å². The third kappa shape index (κ3) is 3.75. The van der Waals surface area contributed by atoms with Gasteiger partial charge < -0.3 is 5.32 Å². The number of piperazine rings is 1. The van der Waals surface area contributed by atoms with Crippen molar-refractivity contribution in [3.05, 3.63) is 34.9 Å². The van der Waals surface area contributed by atoms with Crippen molar-refractivity contribution in [1.29, 1.82) is 0 Å². The molecule has 3 atom stereocenters. The van der Waals surface area contributed by atoms with Crippen LogP contribution >= 0.6 is 11.6 Å². The molecule has 3 heteroatoms. The molecular weight excluding hydrogens is 268 g/mol. The average molecular weight is 295 g/mol. The fourth-order valence-corrected chi connectivity index (χ4v) is 3.34. The third-order valence-electron chi connectivity index (χ3n) is 4.50. The fraction of sp³-hybridized carbons (Fsp3) is 0.647. The molecule has 1 heterocycles. The van der Waals surface area contributed by atoms with Gasteiger partial charge in [0.2, 0.25) is 0 Å². The van der Waals surface area contributed by atoms with Gasteiger partial charge in [0.1, 0.15) is 0 Å². The Bertz CT molecular complexity index is 404. The molecule has 1 N–H and O–H groups in total. The molecular formula is C17H27ClN2. The molecule has 112 valence electrons. The smallest absolute Gasteiger partial charge is 0.0406 e. The predicted octanol–water partition coefficient (Wildman–Crippen LogP) is 4.25. The zero-order chi connectivity index (χ0) is 14.5. The van der Waals surface area contributed by atoms with Crippen molar-refractivity contribution in [2.45, 2.75) is 58.2 Å². The summed E-state index contributed by atoms with van der Waals surface area (Å²) in [7, 11) is 0. The average Bonchev–Trinajstić information content (AvgIpc) is 2.47. The van der Waals surface area contributed by atoms with E-state index in [0.29, 0.717) is 18.1 Å². The van der Waals surface area contributed by atoms with Gasteiger partial charge in [-0.25, -0.2) is 0 Å². The highest BCUT2D eigenvalue weighted by molar-refractivity contribution is 6.30. The summed E-state index contributed by atoms with van der Waals surface area (Å²) in [5.41, 5.74) is 1.37. The van der Waals surface area contributed by atoms with E-state index in [2.05, 4.69) is 43.1 Å². The molecule has 1 fully saturated rings. The van der Waals surface area contributed by atoms with E-state index < -0.39 is 0 Å². The van der Waals surface area contributed by atoms with Crippen LogP contribution in [0.5, 0.6) is 0 Å². The van der Waals surface area contributed by atoms with Crippen LogP contribution < -0.4 is 5.32 Å². The number of halogens is 1. The zero-order valence-electron chi connectivity index (χ0n) is 12.9. The second-order valence-electron chi connectivity index (χ2n) is 5.88. The van der Waals surface area contributed by atoms with Crippen molar-refractivity contribution >= 4 is 11.6 Å². The van der Waals surface area contributed by atoms with E-state index in [-0.39, 0.29) is 0 Å². The molecule has 0 amide bonds. The fourth-order valence-electron chi connectivity index (χ4n) is 3.22. The lowest BCUT2D eigenvalue weighted by Crippen LogP contribution is -2.56. The maximum atomic E-state index is 6.00. The zero-order valence-corrected chi connectivity index (χ0v) is 13.7. The molecule has 1 aliphatic rings. The van der Waals surface area contributed by atoms with E-state index in [0.717, 1.165) is 18.1 Å². The monoisotopic (exact) mass is 294 g/mol. The van der Waals surface area contributed by atoms with Crippen LogP contribution in [0.25, 0.3) is 0 Å². The number of hydrogen-bond acceptors (Lipinski definition) is 2. The van der Waals surface area contributed by atoms with Gasteiger partial charge in [-0.15, -0.1) is 0 Å². The van der Waals surface area contributed by atoms with Crippen LogP contribution in [-0.4, -0.2) is 30.1 Å². The molecule has 1 aliphatic heterocycles. The second kappa shape index (κ2) is 7.44. The summed E-state index contributed by atoms with van der Waals surface area (Å²) < 4.78 is 0. The van der Waals surface area contributed by atoms with Crippen molar-refractivity contribution in [2.75, 3.05) is 13.1 Å². The van der Waals surface area contributed by atoms with Gasteiger partial charge in [-0.2, -0.15) is 0 Å². The summed E-state index contributed by atoms with van der Waals surface area (Å²) in [6.45, 7) is 9.13. The van der Waals surface area contributed by atoms with E-state index in [4.69, 9.17) is 11.6 Å². The molecule has 3 unspecified atom stereocenters. The van der Waals surface area contributed by atoms with Crippen molar-refractivity contribution in [3.63, 3.8) is 0 Å². The Morgan fingerprint density at radius 1 is 1.30 bits per heavy atom. The number of benzene rings is 1. The normalized spacial score (nSPS) is 25.6. The van der Waals surface area contributed by atoms with Crippen LogP contribution in [-0.2, 0) is 0 Å². The maximum absolute atomic E-state index is 6.00. The van der Waals surface area contributed by atoms with Crippen molar-refractivity contribution in [1.82, 2.24) is 10.2 Å². The summed E-state index contributed by atoms with van der Waals surface area (Å²) >= 11 is 6.00. The molecule has 0 bridgehead atoms. The Hall–Kier alpha value is -0.570. The molecule has 0 aromatic heterocycles. The SMILES string of the molecule is CCCC1CN(C(C)c2ccc(Cl)cc2)C(CC)CN1. The number of nitrogens with zero attached hydrogens (tertiary/aromatic N) is 1. The Morgan fingerprint density at radius 3 is 2.60 bits per heavy atom. The van der Waals surface area contributed by atoms with Crippen LogP contribution in [0.1, 0.15) is 51.6 Å².